The van der Waals surface area contributed by atoms with Crippen molar-refractivity contribution in [1.82, 2.24) is 10.3 Å². The van der Waals surface area contributed by atoms with E-state index in [1.165, 1.54) is 24.4 Å². The minimum absolute atomic E-state index is 0.0222. The lowest BCUT2D eigenvalue weighted by atomic mass is 10.1. The average molecular weight is 407 g/mol. The molecule has 9 nitrogen and oxygen atoms in total. The maximum atomic E-state index is 12.1. The Kier molecular flexibility index (Phi) is 7.47. The SMILES string of the molecule is CCOc1ncccc1C(=O)OCC(=O)NCCc1ccc(S(N)(=O)=O)cc1. The summed E-state index contributed by atoms with van der Waals surface area (Å²) in [5.41, 5.74) is 0.966. The van der Waals surface area contributed by atoms with Gasteiger partial charge in [0.25, 0.3) is 5.91 Å². The molecule has 0 spiro atoms. The van der Waals surface area contributed by atoms with E-state index >= 15 is 0 Å². The molecule has 3 N–H and O–H groups in total. The number of aromatic nitrogens is 1. The molecule has 150 valence electrons. The molecule has 1 heterocycles. The van der Waals surface area contributed by atoms with Gasteiger partial charge in [0.15, 0.2) is 6.61 Å². The summed E-state index contributed by atoms with van der Waals surface area (Å²) in [7, 11) is -3.73. The Morgan fingerprint density at radius 3 is 2.54 bits per heavy atom. The Labute approximate surface area is 162 Å². The number of esters is 1. The van der Waals surface area contributed by atoms with Crippen molar-refractivity contribution in [1.29, 1.82) is 0 Å². The van der Waals surface area contributed by atoms with Crippen LogP contribution >= 0.6 is 0 Å². The molecular formula is C18H21N3O6S. The molecule has 1 amide bonds. The topological polar surface area (TPSA) is 138 Å². The van der Waals surface area contributed by atoms with Crippen LogP contribution in [0.1, 0.15) is 22.8 Å². The third kappa shape index (κ3) is 6.32. The Morgan fingerprint density at radius 2 is 1.89 bits per heavy atom. The molecule has 1 aromatic heterocycles. The van der Waals surface area contributed by atoms with Crippen LogP contribution in [-0.4, -0.2) is 45.0 Å². The summed E-state index contributed by atoms with van der Waals surface area (Å²) in [5, 5.41) is 7.65. The monoisotopic (exact) mass is 407 g/mol. The maximum absolute atomic E-state index is 12.1. The van der Waals surface area contributed by atoms with Gasteiger partial charge in [-0.2, -0.15) is 0 Å². The van der Waals surface area contributed by atoms with Gasteiger partial charge in [-0.25, -0.2) is 23.3 Å². The van der Waals surface area contributed by atoms with E-state index in [-0.39, 0.29) is 16.3 Å². The van der Waals surface area contributed by atoms with Gasteiger partial charge in [-0.05, 0) is 43.2 Å². The average Bonchev–Trinajstić information content (AvgIpc) is 2.66. The van der Waals surface area contributed by atoms with Crippen LogP contribution in [0.15, 0.2) is 47.5 Å². The molecule has 2 aromatic rings. The highest BCUT2D eigenvalue weighted by atomic mass is 32.2. The Morgan fingerprint density at radius 1 is 1.18 bits per heavy atom. The Balaban J connectivity index is 1.78. The van der Waals surface area contributed by atoms with Crippen LogP contribution in [0.25, 0.3) is 0 Å². The van der Waals surface area contributed by atoms with Gasteiger partial charge in [0.2, 0.25) is 15.9 Å². The second-order valence-electron chi connectivity index (χ2n) is 5.65. The smallest absolute Gasteiger partial charge is 0.344 e. The summed E-state index contributed by atoms with van der Waals surface area (Å²) < 4.78 is 32.6. The van der Waals surface area contributed by atoms with Crippen molar-refractivity contribution < 1.29 is 27.5 Å². The van der Waals surface area contributed by atoms with Crippen LogP contribution in [-0.2, 0) is 26.0 Å². The first-order valence-corrected chi connectivity index (χ1v) is 9.99. The summed E-state index contributed by atoms with van der Waals surface area (Å²) in [6, 6.07) is 9.10. The van der Waals surface area contributed by atoms with E-state index in [0.29, 0.717) is 19.6 Å². The van der Waals surface area contributed by atoms with Crippen LogP contribution in [0.2, 0.25) is 0 Å². The lowest BCUT2D eigenvalue weighted by Gasteiger charge is -2.09. The second kappa shape index (κ2) is 9.81. The fourth-order valence-corrected chi connectivity index (χ4v) is 2.77. The standard InChI is InChI=1S/C18H21N3O6S/c1-2-26-17-15(4-3-10-21-17)18(23)27-12-16(22)20-11-9-13-5-7-14(8-6-13)28(19,24)25/h3-8,10H,2,9,11-12H2,1H3,(H,20,22)(H2,19,24,25). The molecule has 0 bridgehead atoms. The number of primary sulfonamides is 1. The Hall–Kier alpha value is -2.98. The summed E-state index contributed by atoms with van der Waals surface area (Å²) in [4.78, 5) is 27.9. The van der Waals surface area contributed by atoms with Gasteiger partial charge in [0.1, 0.15) is 5.56 Å². The molecule has 0 unspecified atom stereocenters. The minimum Gasteiger partial charge on any atom is -0.477 e. The second-order valence-corrected chi connectivity index (χ2v) is 7.22. The molecular weight excluding hydrogens is 386 g/mol. The first-order chi connectivity index (χ1) is 13.3. The number of benzene rings is 1. The molecule has 0 aliphatic rings. The number of sulfonamides is 1. The van der Waals surface area contributed by atoms with Gasteiger partial charge in [-0.15, -0.1) is 0 Å². The van der Waals surface area contributed by atoms with Gasteiger partial charge in [0.05, 0.1) is 11.5 Å². The number of nitrogens with one attached hydrogen (secondary N) is 1. The third-order valence-corrected chi connectivity index (χ3v) is 4.52. The van der Waals surface area contributed by atoms with Gasteiger partial charge in [-0.1, -0.05) is 12.1 Å². The quantitative estimate of drug-likeness (QED) is 0.582. The summed E-state index contributed by atoms with van der Waals surface area (Å²) >= 11 is 0. The number of carbonyl (C=O) groups excluding carboxylic acids is 2. The first kappa shape index (κ1) is 21.3. The zero-order valence-corrected chi connectivity index (χ0v) is 16.1. The van der Waals surface area contributed by atoms with Crippen molar-refractivity contribution in [2.45, 2.75) is 18.2 Å². The molecule has 0 fully saturated rings. The molecule has 0 atom stereocenters. The van der Waals surface area contributed by atoms with E-state index in [1.807, 2.05) is 0 Å². The minimum atomic E-state index is -3.73. The predicted octanol–water partition coefficient (Wildman–Crippen LogP) is 0.643. The van der Waals surface area contributed by atoms with E-state index in [9.17, 15) is 18.0 Å². The lowest BCUT2D eigenvalue weighted by molar-refractivity contribution is -0.124. The fraction of sp³-hybridized carbons (Fsp3) is 0.278. The Bertz CT molecular complexity index is 929. The van der Waals surface area contributed by atoms with Crippen molar-refractivity contribution in [3.63, 3.8) is 0 Å². The number of ether oxygens (including phenoxy) is 2. The zero-order chi connectivity index (χ0) is 20.6. The molecule has 0 saturated heterocycles. The summed E-state index contributed by atoms with van der Waals surface area (Å²) in [5.74, 6) is -1.01. The normalized spacial score (nSPS) is 10.9. The number of carbonyl (C=O) groups is 2. The van der Waals surface area contributed by atoms with Crippen LogP contribution in [0.4, 0.5) is 0 Å². The highest BCUT2D eigenvalue weighted by Gasteiger charge is 2.16. The highest BCUT2D eigenvalue weighted by Crippen LogP contribution is 2.15. The van der Waals surface area contributed by atoms with Crippen LogP contribution in [0.5, 0.6) is 5.88 Å². The number of nitrogens with two attached hydrogens (primary N) is 1. The first-order valence-electron chi connectivity index (χ1n) is 8.44. The van der Waals surface area contributed by atoms with Crippen molar-refractivity contribution in [3.8, 4) is 5.88 Å². The van der Waals surface area contributed by atoms with Crippen LogP contribution < -0.4 is 15.2 Å². The number of hydrogen-bond donors (Lipinski definition) is 2. The molecule has 10 heteroatoms. The lowest BCUT2D eigenvalue weighted by Crippen LogP contribution is -2.30. The predicted molar refractivity (Wildman–Crippen MR) is 100 cm³/mol. The van der Waals surface area contributed by atoms with E-state index in [2.05, 4.69) is 10.3 Å². The number of rotatable bonds is 9. The maximum Gasteiger partial charge on any atom is 0.344 e. The molecule has 0 aliphatic heterocycles. The molecule has 0 radical (unpaired) electrons. The van der Waals surface area contributed by atoms with E-state index in [4.69, 9.17) is 14.6 Å². The number of hydrogen-bond acceptors (Lipinski definition) is 7. The molecule has 1 aromatic carbocycles. The number of nitrogens with zero attached hydrogens (tertiary/aromatic N) is 1. The molecule has 28 heavy (non-hydrogen) atoms. The van der Waals surface area contributed by atoms with Crippen molar-refractivity contribution in [2.24, 2.45) is 5.14 Å². The van der Waals surface area contributed by atoms with Crippen molar-refractivity contribution in [2.75, 3.05) is 19.8 Å². The van der Waals surface area contributed by atoms with E-state index < -0.39 is 28.5 Å². The molecule has 0 saturated carbocycles. The van der Waals surface area contributed by atoms with Gasteiger partial charge in [0, 0.05) is 12.7 Å². The zero-order valence-electron chi connectivity index (χ0n) is 15.3. The molecule has 2 rings (SSSR count). The number of amides is 1. The highest BCUT2D eigenvalue weighted by molar-refractivity contribution is 7.89. The van der Waals surface area contributed by atoms with Crippen LogP contribution in [0, 0.1) is 0 Å². The molecule has 0 aliphatic carbocycles. The summed E-state index contributed by atoms with van der Waals surface area (Å²) in [6.07, 6.45) is 1.96. The fourth-order valence-electron chi connectivity index (χ4n) is 2.25. The van der Waals surface area contributed by atoms with Crippen molar-refractivity contribution in [3.05, 3.63) is 53.7 Å². The van der Waals surface area contributed by atoms with Crippen LogP contribution in [0.3, 0.4) is 0 Å². The largest absolute Gasteiger partial charge is 0.477 e. The summed E-state index contributed by atoms with van der Waals surface area (Å²) in [6.45, 7) is 1.96. The van der Waals surface area contributed by atoms with Gasteiger partial charge < -0.3 is 14.8 Å². The van der Waals surface area contributed by atoms with E-state index in [0.717, 1.165) is 5.56 Å². The number of pyridine rings is 1. The van der Waals surface area contributed by atoms with Gasteiger partial charge >= 0.3 is 5.97 Å². The third-order valence-electron chi connectivity index (χ3n) is 3.59. The van der Waals surface area contributed by atoms with Gasteiger partial charge in [-0.3, -0.25) is 4.79 Å². The van der Waals surface area contributed by atoms with Crippen molar-refractivity contribution >= 4 is 21.9 Å². The van der Waals surface area contributed by atoms with E-state index in [1.54, 1.807) is 25.1 Å².